The highest BCUT2D eigenvalue weighted by molar-refractivity contribution is 7.89. The van der Waals surface area contributed by atoms with Gasteiger partial charge in [-0.1, -0.05) is 37.0 Å². The van der Waals surface area contributed by atoms with Crippen LogP contribution in [0, 0.1) is 0 Å². The predicted molar refractivity (Wildman–Crippen MR) is 113 cm³/mol. The van der Waals surface area contributed by atoms with Crippen molar-refractivity contribution in [2.75, 3.05) is 26.2 Å². The van der Waals surface area contributed by atoms with Gasteiger partial charge in [0, 0.05) is 32.7 Å². The predicted octanol–water partition coefficient (Wildman–Crippen LogP) is 3.48. The average molecular weight is 459 g/mol. The van der Waals surface area contributed by atoms with E-state index in [-0.39, 0.29) is 34.8 Å². The third-order valence-corrected chi connectivity index (χ3v) is 7.60. The summed E-state index contributed by atoms with van der Waals surface area (Å²) in [6, 6.07) is 6.09. The van der Waals surface area contributed by atoms with Gasteiger partial charge in [-0.05, 0) is 37.1 Å². The molecule has 2 heterocycles. The third kappa shape index (κ3) is 4.45. The van der Waals surface area contributed by atoms with E-state index in [9.17, 15) is 13.2 Å². The van der Waals surface area contributed by atoms with Gasteiger partial charge >= 0.3 is 0 Å². The summed E-state index contributed by atoms with van der Waals surface area (Å²) < 4.78 is 28.8. The Bertz CT molecular complexity index is 1010. The number of sulfonamides is 1. The molecule has 2 aromatic rings. The lowest BCUT2D eigenvalue weighted by molar-refractivity contribution is 0.0685. The number of amides is 1. The lowest BCUT2D eigenvalue weighted by Crippen LogP contribution is -2.50. The molecule has 0 atom stereocenters. The van der Waals surface area contributed by atoms with Gasteiger partial charge in [0.25, 0.3) is 5.91 Å². The third-order valence-electron chi connectivity index (χ3n) is 4.96. The van der Waals surface area contributed by atoms with E-state index in [2.05, 4.69) is 5.10 Å². The standard InChI is InChI=1S/C19H24Cl2N4O3S/c1-4-25-18(12-17(22-25)13(2)3)19(26)23-7-9-24(10-8-23)29(27,28)14-5-6-15(20)16(21)11-14/h5-6,11-13H,4,7-10H2,1-3H3. The average Bonchev–Trinajstić information content (AvgIpc) is 3.14. The number of aryl methyl sites for hydroxylation is 1. The monoisotopic (exact) mass is 458 g/mol. The zero-order valence-electron chi connectivity index (χ0n) is 16.6. The van der Waals surface area contributed by atoms with Crippen molar-refractivity contribution in [3.63, 3.8) is 0 Å². The lowest BCUT2D eigenvalue weighted by atomic mass is 10.1. The van der Waals surface area contributed by atoms with Gasteiger partial charge in [0.15, 0.2) is 0 Å². The van der Waals surface area contributed by atoms with Gasteiger partial charge in [0.1, 0.15) is 5.69 Å². The van der Waals surface area contributed by atoms with Crippen LogP contribution in [-0.4, -0.2) is 59.5 Å². The number of rotatable bonds is 5. The van der Waals surface area contributed by atoms with Gasteiger partial charge in [0.05, 0.1) is 20.6 Å². The van der Waals surface area contributed by atoms with Crippen LogP contribution in [-0.2, 0) is 16.6 Å². The van der Waals surface area contributed by atoms with Gasteiger partial charge in [0.2, 0.25) is 10.0 Å². The second kappa shape index (κ2) is 8.63. The maximum atomic E-state index is 13.0. The van der Waals surface area contributed by atoms with Crippen molar-refractivity contribution >= 4 is 39.1 Å². The summed E-state index contributed by atoms with van der Waals surface area (Å²) >= 11 is 11.9. The molecule has 1 amide bonds. The van der Waals surface area contributed by atoms with E-state index in [1.165, 1.54) is 22.5 Å². The van der Waals surface area contributed by atoms with E-state index >= 15 is 0 Å². The minimum atomic E-state index is -3.70. The van der Waals surface area contributed by atoms with Crippen LogP contribution in [0.15, 0.2) is 29.2 Å². The lowest BCUT2D eigenvalue weighted by Gasteiger charge is -2.34. The minimum Gasteiger partial charge on any atom is -0.335 e. The Kier molecular flexibility index (Phi) is 6.57. The van der Waals surface area contributed by atoms with Crippen LogP contribution in [0.2, 0.25) is 10.0 Å². The van der Waals surface area contributed by atoms with Crippen LogP contribution >= 0.6 is 23.2 Å². The maximum Gasteiger partial charge on any atom is 0.272 e. The first-order valence-electron chi connectivity index (χ1n) is 9.47. The summed E-state index contributed by atoms with van der Waals surface area (Å²) in [6.07, 6.45) is 0. The molecule has 1 aromatic carbocycles. The molecule has 0 unspecified atom stereocenters. The number of halogens is 2. The molecule has 0 spiro atoms. The van der Waals surface area contributed by atoms with Crippen molar-refractivity contribution in [2.45, 2.75) is 38.1 Å². The van der Waals surface area contributed by atoms with Crippen molar-refractivity contribution in [3.05, 3.63) is 45.7 Å². The quantitative estimate of drug-likeness (QED) is 0.686. The minimum absolute atomic E-state index is 0.0947. The Morgan fingerprint density at radius 2 is 1.76 bits per heavy atom. The maximum absolute atomic E-state index is 13.0. The summed E-state index contributed by atoms with van der Waals surface area (Å²) in [5, 5.41) is 4.98. The van der Waals surface area contributed by atoms with E-state index in [1.807, 2.05) is 26.8 Å². The Morgan fingerprint density at radius 3 is 2.31 bits per heavy atom. The van der Waals surface area contributed by atoms with Crippen LogP contribution < -0.4 is 0 Å². The molecule has 7 nitrogen and oxygen atoms in total. The number of nitrogens with zero attached hydrogens (tertiary/aromatic N) is 4. The summed E-state index contributed by atoms with van der Waals surface area (Å²) in [5.74, 6) is 0.0976. The number of carbonyl (C=O) groups is 1. The van der Waals surface area contributed by atoms with Crippen LogP contribution in [0.4, 0.5) is 0 Å². The van der Waals surface area contributed by atoms with Crippen LogP contribution in [0.1, 0.15) is 42.9 Å². The smallest absolute Gasteiger partial charge is 0.272 e. The highest BCUT2D eigenvalue weighted by Gasteiger charge is 2.32. The van der Waals surface area contributed by atoms with E-state index in [0.717, 1.165) is 5.69 Å². The van der Waals surface area contributed by atoms with Crippen molar-refractivity contribution in [2.24, 2.45) is 0 Å². The summed E-state index contributed by atoms with van der Waals surface area (Å²) in [5.41, 5.74) is 1.41. The second-order valence-electron chi connectivity index (χ2n) is 7.20. The molecule has 3 rings (SSSR count). The molecule has 0 saturated carbocycles. The Hall–Kier alpha value is -1.61. The molecule has 10 heteroatoms. The highest BCUT2D eigenvalue weighted by Crippen LogP contribution is 2.27. The fourth-order valence-corrected chi connectivity index (χ4v) is 5.02. The van der Waals surface area contributed by atoms with Gasteiger partial charge < -0.3 is 4.90 Å². The number of benzene rings is 1. The van der Waals surface area contributed by atoms with Gasteiger partial charge in [-0.25, -0.2) is 8.42 Å². The van der Waals surface area contributed by atoms with E-state index in [1.54, 1.807) is 9.58 Å². The van der Waals surface area contributed by atoms with Crippen molar-refractivity contribution in [1.29, 1.82) is 0 Å². The number of piperazine rings is 1. The molecule has 1 aliphatic heterocycles. The summed E-state index contributed by atoms with van der Waals surface area (Å²) in [4.78, 5) is 14.8. The SMILES string of the molecule is CCn1nc(C(C)C)cc1C(=O)N1CCN(S(=O)(=O)c2ccc(Cl)c(Cl)c2)CC1. The molecule has 0 N–H and O–H groups in total. The second-order valence-corrected chi connectivity index (χ2v) is 9.95. The Balaban J connectivity index is 1.73. The summed E-state index contributed by atoms with van der Waals surface area (Å²) in [7, 11) is -3.70. The van der Waals surface area contributed by atoms with E-state index in [0.29, 0.717) is 30.4 Å². The Morgan fingerprint density at radius 1 is 1.10 bits per heavy atom. The fourth-order valence-electron chi connectivity index (χ4n) is 3.21. The molecular formula is C19H24Cl2N4O3S. The molecule has 1 fully saturated rings. The zero-order chi connectivity index (χ0) is 21.3. The van der Waals surface area contributed by atoms with Crippen molar-refractivity contribution < 1.29 is 13.2 Å². The van der Waals surface area contributed by atoms with E-state index < -0.39 is 10.0 Å². The molecule has 29 heavy (non-hydrogen) atoms. The topological polar surface area (TPSA) is 75.5 Å². The van der Waals surface area contributed by atoms with Crippen molar-refractivity contribution in [3.8, 4) is 0 Å². The van der Waals surface area contributed by atoms with Crippen LogP contribution in [0.5, 0.6) is 0 Å². The molecule has 158 valence electrons. The number of hydrogen-bond acceptors (Lipinski definition) is 4. The van der Waals surface area contributed by atoms with Gasteiger partial charge in [-0.15, -0.1) is 0 Å². The zero-order valence-corrected chi connectivity index (χ0v) is 18.9. The van der Waals surface area contributed by atoms with Gasteiger partial charge in [-0.2, -0.15) is 9.40 Å². The molecule has 0 radical (unpaired) electrons. The van der Waals surface area contributed by atoms with Crippen molar-refractivity contribution in [1.82, 2.24) is 19.0 Å². The number of carbonyl (C=O) groups excluding carboxylic acids is 1. The van der Waals surface area contributed by atoms with Crippen LogP contribution in [0.25, 0.3) is 0 Å². The molecule has 1 aliphatic rings. The molecule has 0 aliphatic carbocycles. The highest BCUT2D eigenvalue weighted by atomic mass is 35.5. The van der Waals surface area contributed by atoms with E-state index in [4.69, 9.17) is 23.2 Å². The largest absolute Gasteiger partial charge is 0.335 e. The molecular weight excluding hydrogens is 435 g/mol. The normalized spacial score (nSPS) is 15.9. The number of hydrogen-bond donors (Lipinski definition) is 0. The summed E-state index contributed by atoms with van der Waals surface area (Å²) in [6.45, 7) is 7.65. The first-order chi connectivity index (χ1) is 13.6. The van der Waals surface area contributed by atoms with Crippen LogP contribution in [0.3, 0.4) is 0 Å². The molecule has 0 bridgehead atoms. The van der Waals surface area contributed by atoms with Gasteiger partial charge in [-0.3, -0.25) is 9.48 Å². The molecule has 1 aromatic heterocycles. The first-order valence-corrected chi connectivity index (χ1v) is 11.7. The fraction of sp³-hybridized carbons (Fsp3) is 0.474. The Labute approximate surface area is 181 Å². The first kappa shape index (κ1) is 22.1. The molecule has 1 saturated heterocycles. The number of aromatic nitrogens is 2.